The minimum atomic E-state index is 0.265. The van der Waals surface area contributed by atoms with Gasteiger partial charge in [-0.25, -0.2) is 0 Å². The molecular formula is C10H16N4. The van der Waals surface area contributed by atoms with Gasteiger partial charge in [0.2, 0.25) is 0 Å². The average Bonchev–Trinajstić information content (AvgIpc) is 2.18. The third-order valence-corrected chi connectivity index (χ3v) is 2.67. The van der Waals surface area contributed by atoms with E-state index in [0.717, 1.165) is 25.2 Å². The predicted molar refractivity (Wildman–Crippen MR) is 54.9 cm³/mol. The number of aromatic nitrogens is 2. The van der Waals surface area contributed by atoms with Crippen molar-refractivity contribution in [1.82, 2.24) is 14.9 Å². The molecule has 1 fully saturated rings. The highest BCUT2D eigenvalue weighted by molar-refractivity contribution is 5.06. The van der Waals surface area contributed by atoms with Gasteiger partial charge in [0.1, 0.15) is 0 Å². The van der Waals surface area contributed by atoms with Gasteiger partial charge in [0, 0.05) is 43.6 Å². The molecule has 1 aromatic rings. The molecule has 2 heterocycles. The molecule has 0 aliphatic carbocycles. The van der Waals surface area contributed by atoms with Gasteiger partial charge in [-0.2, -0.15) is 0 Å². The fourth-order valence-electron chi connectivity index (χ4n) is 2.10. The van der Waals surface area contributed by atoms with E-state index in [4.69, 9.17) is 5.73 Å². The maximum Gasteiger partial charge on any atom is 0.0630 e. The summed E-state index contributed by atoms with van der Waals surface area (Å²) >= 11 is 0. The van der Waals surface area contributed by atoms with Crippen LogP contribution in [0, 0.1) is 0 Å². The van der Waals surface area contributed by atoms with Crippen molar-refractivity contribution in [2.24, 2.45) is 5.73 Å². The Morgan fingerprint density at radius 3 is 2.93 bits per heavy atom. The largest absolute Gasteiger partial charge is 0.327 e. The Balaban J connectivity index is 2.11. The Hall–Kier alpha value is -1.00. The van der Waals surface area contributed by atoms with E-state index >= 15 is 0 Å². The normalized spacial score (nSPS) is 29.0. The molecular weight excluding hydrogens is 176 g/mol. The van der Waals surface area contributed by atoms with E-state index in [9.17, 15) is 0 Å². The first kappa shape index (κ1) is 9.55. The summed E-state index contributed by atoms with van der Waals surface area (Å²) in [6, 6.07) is 0.265. The molecule has 76 valence electrons. The zero-order valence-corrected chi connectivity index (χ0v) is 8.43. The predicted octanol–water partition coefficient (Wildman–Crippen LogP) is 0.223. The molecule has 14 heavy (non-hydrogen) atoms. The summed E-state index contributed by atoms with van der Waals surface area (Å²) < 4.78 is 0. The van der Waals surface area contributed by atoms with Crippen LogP contribution in [-0.2, 0) is 0 Å². The summed E-state index contributed by atoms with van der Waals surface area (Å²) in [4.78, 5) is 10.7. The van der Waals surface area contributed by atoms with Crippen molar-refractivity contribution in [2.45, 2.75) is 18.4 Å². The lowest BCUT2D eigenvalue weighted by Gasteiger charge is -2.33. The van der Waals surface area contributed by atoms with Crippen LogP contribution in [0.15, 0.2) is 18.6 Å². The van der Waals surface area contributed by atoms with Crippen molar-refractivity contribution >= 4 is 0 Å². The van der Waals surface area contributed by atoms with Gasteiger partial charge in [-0.3, -0.25) is 9.97 Å². The fourth-order valence-corrected chi connectivity index (χ4v) is 2.10. The fraction of sp³-hybridized carbons (Fsp3) is 0.600. The Kier molecular flexibility index (Phi) is 2.74. The van der Waals surface area contributed by atoms with Crippen molar-refractivity contribution < 1.29 is 0 Å². The quantitative estimate of drug-likeness (QED) is 0.691. The molecule has 1 saturated heterocycles. The van der Waals surface area contributed by atoms with Gasteiger partial charge in [-0.05, 0) is 13.5 Å². The summed E-state index contributed by atoms with van der Waals surface area (Å²) in [6.45, 7) is 2.02. The molecule has 2 atom stereocenters. The smallest absolute Gasteiger partial charge is 0.0630 e. The molecule has 0 bridgehead atoms. The lowest BCUT2D eigenvalue weighted by molar-refractivity contribution is 0.224. The zero-order chi connectivity index (χ0) is 9.97. The number of rotatable bonds is 1. The first-order valence-corrected chi connectivity index (χ1v) is 4.95. The van der Waals surface area contributed by atoms with Crippen LogP contribution >= 0.6 is 0 Å². The van der Waals surface area contributed by atoms with Crippen LogP contribution < -0.4 is 5.73 Å². The van der Waals surface area contributed by atoms with Gasteiger partial charge >= 0.3 is 0 Å². The van der Waals surface area contributed by atoms with Gasteiger partial charge in [0.05, 0.1) is 5.69 Å². The lowest BCUT2D eigenvalue weighted by atomic mass is 9.92. The van der Waals surface area contributed by atoms with Crippen LogP contribution in [0.3, 0.4) is 0 Å². The molecule has 4 nitrogen and oxygen atoms in total. The summed E-state index contributed by atoms with van der Waals surface area (Å²) in [5.74, 6) is 0.442. The maximum absolute atomic E-state index is 5.96. The van der Waals surface area contributed by atoms with Gasteiger partial charge in [0.15, 0.2) is 0 Å². The second-order valence-corrected chi connectivity index (χ2v) is 4.04. The highest BCUT2D eigenvalue weighted by Gasteiger charge is 2.24. The first-order valence-electron chi connectivity index (χ1n) is 4.95. The number of hydrogen-bond acceptors (Lipinski definition) is 4. The van der Waals surface area contributed by atoms with Gasteiger partial charge in [-0.15, -0.1) is 0 Å². The molecule has 1 aliphatic heterocycles. The van der Waals surface area contributed by atoms with Crippen molar-refractivity contribution in [1.29, 1.82) is 0 Å². The highest BCUT2D eigenvalue weighted by Crippen LogP contribution is 2.23. The summed E-state index contributed by atoms with van der Waals surface area (Å²) in [6.07, 6.45) is 6.31. The SMILES string of the molecule is CN1CC(N)CC(c2cnccn2)C1. The van der Waals surface area contributed by atoms with Crippen molar-refractivity contribution in [3.8, 4) is 0 Å². The number of nitrogens with zero attached hydrogens (tertiary/aromatic N) is 3. The monoisotopic (exact) mass is 192 g/mol. The molecule has 1 aliphatic rings. The molecule has 0 spiro atoms. The molecule has 1 aromatic heterocycles. The van der Waals surface area contributed by atoms with Crippen LogP contribution in [-0.4, -0.2) is 41.0 Å². The molecule has 2 rings (SSSR count). The van der Waals surface area contributed by atoms with E-state index < -0.39 is 0 Å². The van der Waals surface area contributed by atoms with E-state index in [0.29, 0.717) is 5.92 Å². The Bertz CT molecular complexity index is 277. The molecule has 0 amide bonds. The van der Waals surface area contributed by atoms with Crippen molar-refractivity contribution in [3.63, 3.8) is 0 Å². The van der Waals surface area contributed by atoms with Crippen LogP contribution in [0.2, 0.25) is 0 Å². The highest BCUT2D eigenvalue weighted by atomic mass is 15.1. The topological polar surface area (TPSA) is 55.0 Å². The molecule has 2 N–H and O–H groups in total. The van der Waals surface area contributed by atoms with E-state index in [1.54, 1.807) is 12.4 Å². The zero-order valence-electron chi connectivity index (χ0n) is 8.43. The Labute approximate surface area is 84.2 Å². The second kappa shape index (κ2) is 4.02. The van der Waals surface area contributed by atoms with Crippen LogP contribution in [0.25, 0.3) is 0 Å². The van der Waals surface area contributed by atoms with E-state index in [1.165, 1.54) is 0 Å². The minimum Gasteiger partial charge on any atom is -0.327 e. The number of piperidine rings is 1. The molecule has 0 aromatic carbocycles. The molecule has 2 unspecified atom stereocenters. The minimum absolute atomic E-state index is 0.265. The standard InChI is InChI=1S/C10H16N4/c1-14-6-8(4-9(11)7-14)10-5-12-2-3-13-10/h2-3,5,8-9H,4,6-7,11H2,1H3. The van der Waals surface area contributed by atoms with Gasteiger partial charge < -0.3 is 10.6 Å². The number of likely N-dealkylation sites (tertiary alicyclic amines) is 1. The van der Waals surface area contributed by atoms with Crippen molar-refractivity contribution in [3.05, 3.63) is 24.3 Å². The maximum atomic E-state index is 5.96. The van der Waals surface area contributed by atoms with E-state index in [2.05, 4.69) is 21.9 Å². The third-order valence-electron chi connectivity index (χ3n) is 2.67. The first-order chi connectivity index (χ1) is 6.75. The Morgan fingerprint density at radius 1 is 1.43 bits per heavy atom. The van der Waals surface area contributed by atoms with Crippen LogP contribution in [0.5, 0.6) is 0 Å². The van der Waals surface area contributed by atoms with E-state index in [1.807, 2.05) is 6.20 Å². The summed E-state index contributed by atoms with van der Waals surface area (Å²) in [5, 5.41) is 0. The van der Waals surface area contributed by atoms with Crippen LogP contribution in [0.4, 0.5) is 0 Å². The molecule has 0 radical (unpaired) electrons. The lowest BCUT2D eigenvalue weighted by Crippen LogP contribution is -2.44. The van der Waals surface area contributed by atoms with Gasteiger partial charge in [0.25, 0.3) is 0 Å². The van der Waals surface area contributed by atoms with Crippen LogP contribution in [0.1, 0.15) is 18.0 Å². The third kappa shape index (κ3) is 2.08. The second-order valence-electron chi connectivity index (χ2n) is 4.04. The van der Waals surface area contributed by atoms with E-state index in [-0.39, 0.29) is 6.04 Å². The summed E-state index contributed by atoms with van der Waals surface area (Å²) in [7, 11) is 2.10. The number of likely N-dealkylation sites (N-methyl/N-ethyl adjacent to an activating group) is 1. The van der Waals surface area contributed by atoms with Crippen molar-refractivity contribution in [2.75, 3.05) is 20.1 Å². The number of nitrogens with two attached hydrogens (primary N) is 1. The Morgan fingerprint density at radius 2 is 2.29 bits per heavy atom. The summed E-state index contributed by atoms with van der Waals surface area (Å²) in [5.41, 5.74) is 7.03. The number of hydrogen-bond donors (Lipinski definition) is 1. The molecule has 4 heteroatoms. The van der Waals surface area contributed by atoms with Gasteiger partial charge in [-0.1, -0.05) is 0 Å². The average molecular weight is 192 g/mol. The molecule has 0 saturated carbocycles.